The fourth-order valence-corrected chi connectivity index (χ4v) is 15.8. The summed E-state index contributed by atoms with van der Waals surface area (Å²) in [6, 6.07) is 135. The molecule has 0 saturated carbocycles. The second-order valence-electron chi connectivity index (χ2n) is 25.4. The predicted octanol–water partition coefficient (Wildman–Crippen LogP) is 26.5. The van der Waals surface area contributed by atoms with E-state index in [-0.39, 0.29) is 0 Å². The van der Waals surface area contributed by atoms with Crippen LogP contribution in [-0.4, -0.2) is 0 Å². The van der Waals surface area contributed by atoms with Crippen molar-refractivity contribution in [1.29, 1.82) is 0 Å². The van der Waals surface area contributed by atoms with Gasteiger partial charge in [-0.2, -0.15) is 0 Å². The summed E-state index contributed by atoms with van der Waals surface area (Å²) in [5.41, 5.74) is 30.6. The first-order valence-corrected chi connectivity index (χ1v) is 33.2. The highest BCUT2D eigenvalue weighted by Gasteiger charge is 2.30. The lowest BCUT2D eigenvalue weighted by molar-refractivity contribution is 1.29. The van der Waals surface area contributed by atoms with Crippen LogP contribution in [-0.2, 0) is 0 Å². The molecule has 0 amide bonds. The molecule has 0 bridgehead atoms. The standard InChI is InChI=1S/C94H60N2/c1-7-25-61(26-8-1)65-53-66(62-27-9-2-10-28-62)56-73(55-65)95(69-33-15-5-16-34-69)71-45-47-87-89(59-71)93(85-51-49-83-77-39-21-19-37-75(77)79-41-23-43-81(85)91(79)83)88-48-46-72(60-90(88)94(87)86-52-50-84-78-40-22-20-38-76(78)80-42-24-44-82(86)92(80)84)96(70-35-17-6-18-36-70)74-57-67(63-29-11-3-12-30-63)54-68(58-74)64-31-13-4-14-32-64/h1-60H. The number of para-hydroxylation sites is 2. The first-order valence-electron chi connectivity index (χ1n) is 33.2. The van der Waals surface area contributed by atoms with E-state index in [0.717, 1.165) is 89.4 Å². The molecule has 2 aliphatic rings. The topological polar surface area (TPSA) is 6.48 Å². The van der Waals surface area contributed by atoms with E-state index in [1.54, 1.807) is 0 Å². The molecule has 17 aromatic carbocycles. The Morgan fingerprint density at radius 3 is 0.750 bits per heavy atom. The molecule has 0 fully saturated rings. The third-order valence-corrected chi connectivity index (χ3v) is 20.0. The van der Waals surface area contributed by atoms with Gasteiger partial charge in [0, 0.05) is 34.1 Å². The van der Waals surface area contributed by atoms with Crippen LogP contribution in [0.1, 0.15) is 0 Å². The Bertz CT molecular complexity index is 5380. The number of hydrogen-bond acceptors (Lipinski definition) is 2. The van der Waals surface area contributed by atoms with Crippen LogP contribution in [0.25, 0.3) is 154 Å². The highest BCUT2D eigenvalue weighted by molar-refractivity contribution is 6.30. The van der Waals surface area contributed by atoms with Crippen LogP contribution in [0.4, 0.5) is 34.1 Å². The van der Waals surface area contributed by atoms with Crippen molar-refractivity contribution < 1.29 is 0 Å². The van der Waals surface area contributed by atoms with Gasteiger partial charge in [-0.15, -0.1) is 0 Å². The van der Waals surface area contributed by atoms with Gasteiger partial charge in [0.1, 0.15) is 0 Å². The second-order valence-corrected chi connectivity index (χ2v) is 25.4. The summed E-state index contributed by atoms with van der Waals surface area (Å²) >= 11 is 0. The Labute approximate surface area is 558 Å². The molecule has 0 N–H and O–H groups in total. The summed E-state index contributed by atoms with van der Waals surface area (Å²) in [4.78, 5) is 4.95. The van der Waals surface area contributed by atoms with Crippen LogP contribution >= 0.6 is 0 Å². The lowest BCUT2D eigenvalue weighted by Crippen LogP contribution is -2.11. The summed E-state index contributed by atoms with van der Waals surface area (Å²) in [5.74, 6) is 0. The average Bonchev–Trinajstić information content (AvgIpc) is 1.27. The molecular formula is C94H60N2. The van der Waals surface area contributed by atoms with Gasteiger partial charge in [0.2, 0.25) is 0 Å². The Morgan fingerprint density at radius 1 is 0.135 bits per heavy atom. The van der Waals surface area contributed by atoms with E-state index in [1.165, 1.54) is 99.1 Å². The smallest absolute Gasteiger partial charge is 0.0473 e. The van der Waals surface area contributed by atoms with Gasteiger partial charge in [-0.3, -0.25) is 0 Å². The number of rotatable bonds is 12. The molecule has 0 atom stereocenters. The molecule has 0 heterocycles. The zero-order chi connectivity index (χ0) is 63.2. The molecule has 0 aromatic heterocycles. The zero-order valence-corrected chi connectivity index (χ0v) is 52.5. The summed E-state index contributed by atoms with van der Waals surface area (Å²) in [7, 11) is 0. The summed E-state index contributed by atoms with van der Waals surface area (Å²) in [6.45, 7) is 0. The Kier molecular flexibility index (Phi) is 13.0. The van der Waals surface area contributed by atoms with Gasteiger partial charge in [-0.25, -0.2) is 0 Å². The van der Waals surface area contributed by atoms with E-state index in [1.807, 2.05) is 0 Å². The van der Waals surface area contributed by atoms with Gasteiger partial charge in [0.15, 0.2) is 0 Å². The number of anilines is 6. The van der Waals surface area contributed by atoms with E-state index >= 15 is 0 Å². The molecule has 2 nitrogen and oxygen atoms in total. The van der Waals surface area contributed by atoms with Crippen molar-refractivity contribution in [2.75, 3.05) is 9.80 Å². The molecule has 0 unspecified atom stereocenters. The lowest BCUT2D eigenvalue weighted by atomic mass is 9.82. The van der Waals surface area contributed by atoms with E-state index in [0.29, 0.717) is 0 Å². The van der Waals surface area contributed by atoms with Crippen LogP contribution in [0.5, 0.6) is 0 Å². The van der Waals surface area contributed by atoms with Crippen molar-refractivity contribution >= 4 is 77.2 Å². The van der Waals surface area contributed by atoms with Crippen LogP contribution in [0, 0.1) is 0 Å². The van der Waals surface area contributed by atoms with Gasteiger partial charge < -0.3 is 9.80 Å². The second kappa shape index (κ2) is 22.6. The van der Waals surface area contributed by atoms with Crippen molar-refractivity contribution in [3.05, 3.63) is 364 Å². The first kappa shape index (κ1) is 55.1. The predicted molar refractivity (Wildman–Crippen MR) is 407 cm³/mol. The van der Waals surface area contributed by atoms with E-state index in [2.05, 4.69) is 374 Å². The Balaban J connectivity index is 0.943. The number of nitrogens with zero attached hydrogens (tertiary/aromatic N) is 2. The van der Waals surface area contributed by atoms with Crippen LogP contribution in [0.3, 0.4) is 0 Å². The van der Waals surface area contributed by atoms with Gasteiger partial charge in [-0.05, 0) is 239 Å². The zero-order valence-electron chi connectivity index (χ0n) is 52.5. The molecular weight excluding hydrogens is 1160 g/mol. The summed E-state index contributed by atoms with van der Waals surface area (Å²) in [5, 5.41) is 9.71. The first-order chi connectivity index (χ1) is 47.6. The maximum atomic E-state index is 2.51. The van der Waals surface area contributed by atoms with E-state index in [9.17, 15) is 0 Å². The molecule has 2 heteroatoms. The Morgan fingerprint density at radius 2 is 0.417 bits per heavy atom. The van der Waals surface area contributed by atoms with Crippen molar-refractivity contribution in [3.63, 3.8) is 0 Å². The van der Waals surface area contributed by atoms with Crippen molar-refractivity contribution in [1.82, 2.24) is 0 Å². The molecule has 446 valence electrons. The molecule has 0 spiro atoms. The molecule has 0 saturated heterocycles. The summed E-state index contributed by atoms with van der Waals surface area (Å²) < 4.78 is 0. The largest absolute Gasteiger partial charge is 0.310 e. The van der Waals surface area contributed by atoms with Crippen molar-refractivity contribution in [3.8, 4) is 111 Å². The lowest BCUT2D eigenvalue weighted by Gasteiger charge is -2.29. The van der Waals surface area contributed by atoms with Gasteiger partial charge in [0.25, 0.3) is 0 Å². The molecule has 2 aliphatic carbocycles. The highest BCUT2D eigenvalue weighted by atomic mass is 15.1. The van der Waals surface area contributed by atoms with Crippen LogP contribution in [0.15, 0.2) is 364 Å². The van der Waals surface area contributed by atoms with Gasteiger partial charge >= 0.3 is 0 Å². The maximum absolute atomic E-state index is 2.51. The normalized spacial score (nSPS) is 11.8. The maximum Gasteiger partial charge on any atom is 0.0473 e. The summed E-state index contributed by atoms with van der Waals surface area (Å²) in [6.07, 6.45) is 0. The SMILES string of the molecule is c1ccc(-c2cc(-c3ccccc3)cc(N(c3ccccc3)c3ccc4c(-c5ccc6c7c(cccc57)-c5ccccc5-6)c5cc(N(c6ccccc6)c6cc(-c7ccccc7)cc(-c7ccccc7)c6)ccc5c(-c5ccc6c7c(cccc57)-c5ccccc5-6)c4c3)c2)cc1. The Hall–Kier alpha value is -12.6. The third kappa shape index (κ3) is 9.02. The monoisotopic (exact) mass is 1220 g/mol. The minimum Gasteiger partial charge on any atom is -0.310 e. The van der Waals surface area contributed by atoms with Crippen molar-refractivity contribution in [2.24, 2.45) is 0 Å². The molecule has 17 aromatic rings. The average molecular weight is 1220 g/mol. The van der Waals surface area contributed by atoms with E-state index in [4.69, 9.17) is 0 Å². The fourth-order valence-electron chi connectivity index (χ4n) is 15.8. The minimum atomic E-state index is 1.05. The van der Waals surface area contributed by atoms with Crippen LogP contribution in [0.2, 0.25) is 0 Å². The van der Waals surface area contributed by atoms with Crippen LogP contribution < -0.4 is 9.80 Å². The van der Waals surface area contributed by atoms with Gasteiger partial charge in [0.05, 0.1) is 0 Å². The third-order valence-electron chi connectivity index (χ3n) is 20.0. The minimum absolute atomic E-state index is 1.05. The molecule has 96 heavy (non-hydrogen) atoms. The van der Waals surface area contributed by atoms with Crippen molar-refractivity contribution in [2.45, 2.75) is 0 Å². The van der Waals surface area contributed by atoms with E-state index < -0.39 is 0 Å². The molecule has 0 radical (unpaired) electrons. The number of benzene rings is 17. The molecule has 19 rings (SSSR count). The van der Waals surface area contributed by atoms with Gasteiger partial charge in [-0.1, -0.05) is 279 Å². The number of fused-ring (bicyclic) bond motifs is 8. The number of hydrogen-bond donors (Lipinski definition) is 0. The highest BCUT2D eigenvalue weighted by Crippen LogP contribution is 2.56. The fraction of sp³-hybridized carbons (Fsp3) is 0. The molecule has 0 aliphatic heterocycles. The quantitative estimate of drug-likeness (QED) is 0.113.